The third-order valence-electron chi connectivity index (χ3n) is 4.52. The Morgan fingerprint density at radius 3 is 2.21 bits per heavy atom. The van der Waals surface area contributed by atoms with E-state index in [2.05, 4.69) is 5.32 Å². The minimum Gasteiger partial charge on any atom is -0.340 e. The van der Waals surface area contributed by atoms with Crippen LogP contribution in [0.4, 0.5) is 10.1 Å². The Morgan fingerprint density at radius 1 is 1.00 bits per heavy atom. The summed E-state index contributed by atoms with van der Waals surface area (Å²) in [6.07, 6.45) is 0. The Bertz CT molecular complexity index is 984. The Morgan fingerprint density at radius 2 is 1.64 bits per heavy atom. The second kappa shape index (κ2) is 8.07. The number of amides is 2. The van der Waals surface area contributed by atoms with Crippen molar-refractivity contribution in [3.63, 3.8) is 0 Å². The lowest BCUT2D eigenvalue weighted by atomic mass is 10.2. The SMILES string of the molecule is CC(=O)N1CCN(S(=O)(=O)c2ccc(C(=O)Nc3cccc(F)c3)cc2)CC1. The molecular weight excluding hydrogens is 385 g/mol. The van der Waals surface area contributed by atoms with E-state index in [-0.39, 0.29) is 29.5 Å². The highest BCUT2D eigenvalue weighted by atomic mass is 32.2. The van der Waals surface area contributed by atoms with Gasteiger partial charge < -0.3 is 10.2 Å². The molecule has 1 N–H and O–H groups in total. The molecule has 0 bridgehead atoms. The summed E-state index contributed by atoms with van der Waals surface area (Å²) >= 11 is 0. The van der Waals surface area contributed by atoms with Crippen molar-refractivity contribution in [1.29, 1.82) is 0 Å². The number of sulfonamides is 1. The van der Waals surface area contributed by atoms with Crippen molar-refractivity contribution in [1.82, 2.24) is 9.21 Å². The van der Waals surface area contributed by atoms with Crippen LogP contribution in [-0.2, 0) is 14.8 Å². The maximum absolute atomic E-state index is 13.2. The molecule has 148 valence electrons. The third-order valence-corrected chi connectivity index (χ3v) is 6.43. The molecule has 7 nitrogen and oxygen atoms in total. The second-order valence-corrected chi connectivity index (χ2v) is 8.34. The van der Waals surface area contributed by atoms with Crippen molar-refractivity contribution in [2.24, 2.45) is 0 Å². The van der Waals surface area contributed by atoms with Gasteiger partial charge >= 0.3 is 0 Å². The first-order valence-corrected chi connectivity index (χ1v) is 10.1. The van der Waals surface area contributed by atoms with Crippen molar-refractivity contribution in [3.8, 4) is 0 Å². The van der Waals surface area contributed by atoms with E-state index in [1.54, 1.807) is 11.0 Å². The first-order valence-electron chi connectivity index (χ1n) is 8.70. The number of halogens is 1. The van der Waals surface area contributed by atoms with Gasteiger partial charge in [-0.05, 0) is 42.5 Å². The Labute approximate surface area is 162 Å². The molecule has 0 saturated carbocycles. The van der Waals surface area contributed by atoms with Crippen LogP contribution in [0.1, 0.15) is 17.3 Å². The molecule has 0 spiro atoms. The van der Waals surface area contributed by atoms with E-state index in [1.807, 2.05) is 0 Å². The fourth-order valence-electron chi connectivity index (χ4n) is 2.94. The predicted molar refractivity (Wildman–Crippen MR) is 102 cm³/mol. The highest BCUT2D eigenvalue weighted by Gasteiger charge is 2.29. The van der Waals surface area contributed by atoms with Crippen LogP contribution >= 0.6 is 0 Å². The summed E-state index contributed by atoms with van der Waals surface area (Å²) in [7, 11) is -3.70. The highest BCUT2D eigenvalue weighted by Crippen LogP contribution is 2.19. The van der Waals surface area contributed by atoms with E-state index in [0.717, 1.165) is 0 Å². The summed E-state index contributed by atoms with van der Waals surface area (Å²) in [5.41, 5.74) is 0.564. The molecule has 1 aliphatic heterocycles. The molecule has 1 aliphatic rings. The second-order valence-electron chi connectivity index (χ2n) is 6.40. The van der Waals surface area contributed by atoms with E-state index >= 15 is 0 Å². The first-order chi connectivity index (χ1) is 13.3. The Balaban J connectivity index is 1.69. The average molecular weight is 405 g/mol. The lowest BCUT2D eigenvalue weighted by Crippen LogP contribution is -2.49. The number of carbonyl (C=O) groups excluding carboxylic acids is 2. The van der Waals surface area contributed by atoms with Gasteiger partial charge in [-0.15, -0.1) is 0 Å². The molecule has 2 aromatic carbocycles. The fourth-order valence-corrected chi connectivity index (χ4v) is 4.36. The van der Waals surface area contributed by atoms with E-state index in [1.165, 1.54) is 53.7 Å². The van der Waals surface area contributed by atoms with Crippen LogP contribution in [0.5, 0.6) is 0 Å². The number of carbonyl (C=O) groups is 2. The molecule has 0 atom stereocenters. The molecule has 0 aliphatic carbocycles. The summed E-state index contributed by atoms with van der Waals surface area (Å²) in [4.78, 5) is 25.3. The number of piperazine rings is 1. The zero-order chi connectivity index (χ0) is 20.3. The van der Waals surface area contributed by atoms with Crippen molar-refractivity contribution >= 4 is 27.5 Å². The summed E-state index contributed by atoms with van der Waals surface area (Å²) in [6, 6.07) is 11.1. The molecule has 0 aromatic heterocycles. The zero-order valence-electron chi connectivity index (χ0n) is 15.3. The standard InChI is InChI=1S/C19H20FN3O4S/c1-14(24)22-9-11-23(12-10-22)28(26,27)18-7-5-15(6-8-18)19(25)21-17-4-2-3-16(20)13-17/h2-8,13H,9-12H2,1H3,(H,21,25). The summed E-state index contributed by atoms with van der Waals surface area (Å²) in [6.45, 7) is 2.61. The normalized spacial score (nSPS) is 15.3. The molecule has 0 radical (unpaired) electrons. The van der Waals surface area contributed by atoms with Crippen molar-refractivity contribution in [2.45, 2.75) is 11.8 Å². The van der Waals surface area contributed by atoms with Gasteiger partial charge in [0.15, 0.2) is 0 Å². The zero-order valence-corrected chi connectivity index (χ0v) is 16.1. The van der Waals surface area contributed by atoms with Gasteiger partial charge in [-0.1, -0.05) is 6.07 Å². The van der Waals surface area contributed by atoms with Gasteiger partial charge in [-0.25, -0.2) is 12.8 Å². The van der Waals surface area contributed by atoms with Crippen LogP contribution in [0.25, 0.3) is 0 Å². The van der Waals surface area contributed by atoms with Gasteiger partial charge in [-0.2, -0.15) is 4.31 Å². The number of hydrogen-bond acceptors (Lipinski definition) is 4. The van der Waals surface area contributed by atoms with E-state index < -0.39 is 21.7 Å². The molecule has 9 heteroatoms. The van der Waals surface area contributed by atoms with E-state index in [9.17, 15) is 22.4 Å². The van der Waals surface area contributed by atoms with E-state index in [0.29, 0.717) is 18.8 Å². The molecule has 0 unspecified atom stereocenters. The summed E-state index contributed by atoms with van der Waals surface area (Å²) < 4.78 is 40.0. The molecular formula is C19H20FN3O4S. The van der Waals surface area contributed by atoms with Crippen LogP contribution in [0, 0.1) is 5.82 Å². The number of anilines is 1. The van der Waals surface area contributed by atoms with Gasteiger partial charge in [0.2, 0.25) is 15.9 Å². The van der Waals surface area contributed by atoms with Crippen molar-refractivity contribution in [2.75, 3.05) is 31.5 Å². The number of nitrogens with zero attached hydrogens (tertiary/aromatic N) is 2. The topological polar surface area (TPSA) is 86.8 Å². The van der Waals surface area contributed by atoms with Crippen LogP contribution in [0.3, 0.4) is 0 Å². The van der Waals surface area contributed by atoms with Crippen LogP contribution < -0.4 is 5.32 Å². The minimum absolute atomic E-state index is 0.0751. The molecule has 1 heterocycles. The van der Waals surface area contributed by atoms with Gasteiger partial charge in [0.05, 0.1) is 4.90 Å². The maximum atomic E-state index is 13.2. The van der Waals surface area contributed by atoms with Gasteiger partial charge in [0, 0.05) is 44.4 Å². The molecule has 2 aromatic rings. The number of nitrogens with one attached hydrogen (secondary N) is 1. The molecule has 1 saturated heterocycles. The quantitative estimate of drug-likeness (QED) is 0.842. The summed E-state index contributed by atoms with van der Waals surface area (Å²) in [5.74, 6) is -1.01. The average Bonchev–Trinajstić information content (AvgIpc) is 2.68. The van der Waals surface area contributed by atoms with Gasteiger partial charge in [0.25, 0.3) is 5.91 Å². The Hall–Kier alpha value is -2.78. The van der Waals surface area contributed by atoms with Crippen LogP contribution in [-0.4, -0.2) is 55.6 Å². The molecule has 3 rings (SSSR count). The van der Waals surface area contributed by atoms with Crippen molar-refractivity contribution in [3.05, 3.63) is 59.9 Å². The van der Waals surface area contributed by atoms with Crippen LogP contribution in [0.2, 0.25) is 0 Å². The number of benzene rings is 2. The van der Waals surface area contributed by atoms with Gasteiger partial charge in [0.1, 0.15) is 5.82 Å². The molecule has 2 amide bonds. The van der Waals surface area contributed by atoms with Crippen molar-refractivity contribution < 1.29 is 22.4 Å². The first kappa shape index (κ1) is 20.0. The van der Waals surface area contributed by atoms with Crippen LogP contribution in [0.15, 0.2) is 53.4 Å². The third kappa shape index (κ3) is 4.37. The lowest BCUT2D eigenvalue weighted by molar-refractivity contribution is -0.129. The van der Waals surface area contributed by atoms with Gasteiger partial charge in [-0.3, -0.25) is 9.59 Å². The number of hydrogen-bond donors (Lipinski definition) is 1. The monoisotopic (exact) mass is 405 g/mol. The molecule has 1 fully saturated rings. The largest absolute Gasteiger partial charge is 0.340 e. The maximum Gasteiger partial charge on any atom is 0.255 e. The Kier molecular flexibility index (Phi) is 5.76. The smallest absolute Gasteiger partial charge is 0.255 e. The summed E-state index contributed by atoms with van der Waals surface area (Å²) in [5, 5.41) is 2.56. The lowest BCUT2D eigenvalue weighted by Gasteiger charge is -2.33. The minimum atomic E-state index is -3.70. The number of rotatable bonds is 4. The highest BCUT2D eigenvalue weighted by molar-refractivity contribution is 7.89. The van der Waals surface area contributed by atoms with E-state index in [4.69, 9.17) is 0 Å². The fraction of sp³-hybridized carbons (Fsp3) is 0.263. The molecule has 28 heavy (non-hydrogen) atoms. The predicted octanol–water partition coefficient (Wildman–Crippen LogP) is 1.93.